The number of anilines is 2. The molecule has 1 fully saturated rings. The first-order chi connectivity index (χ1) is 8.08. The van der Waals surface area contributed by atoms with Gasteiger partial charge in [0, 0.05) is 44.5 Å². The smallest absolute Gasteiger partial charge is 0.219 e. The molecule has 2 rings (SSSR count). The summed E-state index contributed by atoms with van der Waals surface area (Å²) in [6.07, 6.45) is 1.03. The molecule has 1 aromatic carbocycles. The van der Waals surface area contributed by atoms with Crippen molar-refractivity contribution < 1.29 is 4.79 Å². The summed E-state index contributed by atoms with van der Waals surface area (Å²) in [5.74, 6) is 0.165. The molecule has 4 nitrogen and oxygen atoms in total. The molecular formula is C13H21N3OS. The summed E-state index contributed by atoms with van der Waals surface area (Å²) in [6.45, 7) is 3.31. The summed E-state index contributed by atoms with van der Waals surface area (Å²) in [6, 6.07) is 8.26. The van der Waals surface area contributed by atoms with E-state index < -0.39 is 0 Å². The van der Waals surface area contributed by atoms with Crippen LogP contribution < -0.4 is 10.6 Å². The summed E-state index contributed by atoms with van der Waals surface area (Å²) in [5.41, 5.74) is 7.60. The van der Waals surface area contributed by atoms with Crippen LogP contribution in [0.2, 0.25) is 0 Å². The number of likely N-dealkylation sites (tertiary alicyclic amines) is 1. The van der Waals surface area contributed by atoms with Crippen LogP contribution in [-0.4, -0.2) is 37.0 Å². The summed E-state index contributed by atoms with van der Waals surface area (Å²) >= 11 is 0. The standard InChI is InChI=1S/C13H19N3O.H2S/c1-10(17)16-8-7-13(9-16)15(2)12-5-3-11(14)4-6-12;/h3-6,13H,7-9,14H2,1-2H3;1H2/t13-;/m0./s1. The maximum Gasteiger partial charge on any atom is 0.219 e. The van der Waals surface area contributed by atoms with Crippen LogP contribution in [-0.2, 0) is 4.79 Å². The zero-order chi connectivity index (χ0) is 12.4. The molecule has 1 aromatic rings. The van der Waals surface area contributed by atoms with E-state index in [0.29, 0.717) is 6.04 Å². The summed E-state index contributed by atoms with van der Waals surface area (Å²) in [7, 11) is 2.07. The van der Waals surface area contributed by atoms with Gasteiger partial charge in [-0.05, 0) is 30.7 Å². The zero-order valence-corrected chi connectivity index (χ0v) is 11.9. The molecule has 0 aromatic heterocycles. The van der Waals surface area contributed by atoms with E-state index in [1.54, 1.807) is 6.92 Å². The third-order valence-corrected chi connectivity index (χ3v) is 3.46. The largest absolute Gasteiger partial charge is 0.399 e. The van der Waals surface area contributed by atoms with Crippen molar-refractivity contribution in [3.63, 3.8) is 0 Å². The lowest BCUT2D eigenvalue weighted by Gasteiger charge is -2.26. The third kappa shape index (κ3) is 3.10. The van der Waals surface area contributed by atoms with Gasteiger partial charge in [0.2, 0.25) is 5.91 Å². The monoisotopic (exact) mass is 267 g/mol. The molecule has 5 heteroatoms. The number of nitrogens with zero attached hydrogens (tertiary/aromatic N) is 2. The number of carbonyl (C=O) groups is 1. The van der Waals surface area contributed by atoms with Gasteiger partial charge in [-0.1, -0.05) is 0 Å². The molecule has 1 amide bonds. The van der Waals surface area contributed by atoms with E-state index in [2.05, 4.69) is 11.9 Å². The third-order valence-electron chi connectivity index (χ3n) is 3.46. The molecule has 1 heterocycles. The fourth-order valence-electron chi connectivity index (χ4n) is 2.26. The minimum Gasteiger partial charge on any atom is -0.399 e. The van der Waals surface area contributed by atoms with Crippen molar-refractivity contribution in [1.82, 2.24) is 4.90 Å². The quantitative estimate of drug-likeness (QED) is 0.825. The van der Waals surface area contributed by atoms with Gasteiger partial charge in [0.05, 0.1) is 0 Å². The zero-order valence-electron chi connectivity index (χ0n) is 10.9. The molecule has 2 N–H and O–H groups in total. The van der Waals surface area contributed by atoms with Crippen molar-refractivity contribution in [3.8, 4) is 0 Å². The van der Waals surface area contributed by atoms with Crippen LogP contribution in [0.4, 0.5) is 11.4 Å². The van der Waals surface area contributed by atoms with Gasteiger partial charge in [0.1, 0.15) is 0 Å². The van der Waals surface area contributed by atoms with Gasteiger partial charge in [-0.3, -0.25) is 4.79 Å². The van der Waals surface area contributed by atoms with Crippen molar-refractivity contribution in [1.29, 1.82) is 0 Å². The predicted molar refractivity (Wildman–Crippen MR) is 80.3 cm³/mol. The van der Waals surface area contributed by atoms with Gasteiger partial charge in [-0.25, -0.2) is 0 Å². The van der Waals surface area contributed by atoms with Gasteiger partial charge in [-0.15, -0.1) is 0 Å². The van der Waals surface area contributed by atoms with Crippen LogP contribution in [0.5, 0.6) is 0 Å². The Bertz CT molecular complexity index is 407. The Morgan fingerprint density at radius 1 is 1.39 bits per heavy atom. The number of benzene rings is 1. The maximum absolute atomic E-state index is 11.3. The van der Waals surface area contributed by atoms with Gasteiger partial charge in [0.25, 0.3) is 0 Å². The van der Waals surface area contributed by atoms with E-state index in [4.69, 9.17) is 5.73 Å². The van der Waals surface area contributed by atoms with Crippen molar-refractivity contribution in [2.45, 2.75) is 19.4 Å². The second kappa shape index (κ2) is 6.00. The van der Waals surface area contributed by atoms with Gasteiger partial charge in [0.15, 0.2) is 0 Å². The number of likely N-dealkylation sites (N-methyl/N-ethyl adjacent to an activating group) is 1. The highest BCUT2D eigenvalue weighted by molar-refractivity contribution is 7.59. The topological polar surface area (TPSA) is 49.6 Å². The highest BCUT2D eigenvalue weighted by Gasteiger charge is 2.27. The number of nitrogen functional groups attached to an aromatic ring is 1. The lowest BCUT2D eigenvalue weighted by molar-refractivity contribution is -0.127. The Morgan fingerprint density at radius 3 is 2.50 bits per heavy atom. The highest BCUT2D eigenvalue weighted by Crippen LogP contribution is 2.22. The van der Waals surface area contributed by atoms with Crippen molar-refractivity contribution in [3.05, 3.63) is 24.3 Å². The second-order valence-corrected chi connectivity index (χ2v) is 4.61. The number of hydrogen-bond acceptors (Lipinski definition) is 3. The van der Waals surface area contributed by atoms with Crippen LogP contribution >= 0.6 is 13.5 Å². The molecule has 0 radical (unpaired) electrons. The Morgan fingerprint density at radius 2 is 2.00 bits per heavy atom. The number of rotatable bonds is 2. The molecule has 0 unspecified atom stereocenters. The Balaban J connectivity index is 0.00000162. The normalized spacial score (nSPS) is 18.3. The van der Waals surface area contributed by atoms with Crippen molar-refractivity contribution >= 4 is 30.8 Å². The summed E-state index contributed by atoms with van der Waals surface area (Å²) in [4.78, 5) is 15.4. The van der Waals surface area contributed by atoms with Crippen LogP contribution in [0.25, 0.3) is 0 Å². The molecule has 0 spiro atoms. The first kappa shape index (κ1) is 14.7. The van der Waals surface area contributed by atoms with Gasteiger partial charge >= 0.3 is 0 Å². The number of nitrogens with two attached hydrogens (primary N) is 1. The molecule has 1 atom stereocenters. The molecule has 0 bridgehead atoms. The van der Waals surface area contributed by atoms with Crippen LogP contribution in [0.15, 0.2) is 24.3 Å². The van der Waals surface area contributed by atoms with E-state index in [1.165, 1.54) is 0 Å². The average molecular weight is 267 g/mol. The Hall–Kier alpha value is -1.36. The molecule has 1 aliphatic rings. The lowest BCUT2D eigenvalue weighted by atomic mass is 10.2. The summed E-state index contributed by atoms with van der Waals surface area (Å²) in [5, 5.41) is 0. The summed E-state index contributed by atoms with van der Waals surface area (Å²) < 4.78 is 0. The number of carbonyl (C=O) groups excluding carboxylic acids is 1. The van der Waals surface area contributed by atoms with Crippen molar-refractivity contribution in [2.24, 2.45) is 0 Å². The molecule has 0 saturated carbocycles. The highest BCUT2D eigenvalue weighted by atomic mass is 32.1. The van der Waals surface area contributed by atoms with Crippen molar-refractivity contribution in [2.75, 3.05) is 30.8 Å². The predicted octanol–water partition coefficient (Wildman–Crippen LogP) is 1.44. The first-order valence-electron chi connectivity index (χ1n) is 5.92. The molecule has 1 saturated heterocycles. The van der Waals surface area contributed by atoms with E-state index in [-0.39, 0.29) is 19.4 Å². The van der Waals surface area contributed by atoms with E-state index in [0.717, 1.165) is 30.9 Å². The fraction of sp³-hybridized carbons (Fsp3) is 0.462. The number of hydrogen-bond donors (Lipinski definition) is 1. The number of amides is 1. The molecule has 100 valence electrons. The molecule has 0 aliphatic carbocycles. The van der Waals surface area contributed by atoms with Crippen LogP contribution in [0, 0.1) is 0 Å². The maximum atomic E-state index is 11.3. The van der Waals surface area contributed by atoms with Crippen LogP contribution in [0.1, 0.15) is 13.3 Å². The first-order valence-corrected chi connectivity index (χ1v) is 5.92. The van der Waals surface area contributed by atoms with Gasteiger partial charge < -0.3 is 15.5 Å². The minimum atomic E-state index is 0. The fourth-order valence-corrected chi connectivity index (χ4v) is 2.26. The van der Waals surface area contributed by atoms with E-state index in [9.17, 15) is 4.79 Å². The molecule has 18 heavy (non-hydrogen) atoms. The molecule has 1 aliphatic heterocycles. The van der Waals surface area contributed by atoms with E-state index >= 15 is 0 Å². The minimum absolute atomic E-state index is 0. The van der Waals surface area contributed by atoms with E-state index in [1.807, 2.05) is 29.2 Å². The Labute approximate surface area is 115 Å². The molecular weight excluding hydrogens is 246 g/mol. The van der Waals surface area contributed by atoms with Gasteiger partial charge in [-0.2, -0.15) is 13.5 Å². The second-order valence-electron chi connectivity index (χ2n) is 4.61. The average Bonchev–Trinajstić information content (AvgIpc) is 2.78. The SMILES string of the molecule is CC(=O)N1CC[C@H](N(C)c2ccc(N)cc2)C1.S. The van der Waals surface area contributed by atoms with Crippen LogP contribution in [0.3, 0.4) is 0 Å². The Kier molecular flexibility index (Phi) is 4.90. The lowest BCUT2D eigenvalue weighted by Crippen LogP contribution is -2.35.